The number of ether oxygens (including phenoxy) is 2. The van der Waals surface area contributed by atoms with Crippen molar-refractivity contribution in [2.75, 3.05) is 11.9 Å². The Morgan fingerprint density at radius 2 is 1.72 bits per heavy atom. The van der Waals surface area contributed by atoms with E-state index in [0.29, 0.717) is 36.5 Å². The quantitative estimate of drug-likeness (QED) is 0.137. The fourth-order valence-corrected chi connectivity index (χ4v) is 7.00. The molecular weight excluding hydrogens is 596 g/mol. The van der Waals surface area contributed by atoms with Crippen molar-refractivity contribution in [3.05, 3.63) is 142 Å². The molecule has 0 unspecified atom stereocenters. The van der Waals surface area contributed by atoms with E-state index in [4.69, 9.17) is 14.5 Å². The lowest BCUT2D eigenvalue weighted by Gasteiger charge is -2.37. The SMILES string of the molecule is CCOc1cc(C=Nc2ccc([C@@H]3Nc4ccccc4[C@@H]4C=CC[C@@H]43)cc2)cc(Br)c1OCc1cccc2ccccc12. The van der Waals surface area contributed by atoms with E-state index in [1.165, 1.54) is 27.6 Å². The molecule has 5 aromatic carbocycles. The number of hydrogen-bond acceptors (Lipinski definition) is 4. The molecule has 0 aromatic heterocycles. The monoisotopic (exact) mass is 628 g/mol. The predicted octanol–water partition coefficient (Wildman–Crippen LogP) is 10.2. The number of fused-ring (bicyclic) bond motifs is 4. The fourth-order valence-electron chi connectivity index (χ4n) is 6.42. The second-order valence-corrected chi connectivity index (χ2v) is 12.0. The summed E-state index contributed by atoms with van der Waals surface area (Å²) < 4.78 is 13.2. The number of nitrogens with one attached hydrogen (secondary N) is 1. The van der Waals surface area contributed by atoms with E-state index in [1.54, 1.807) is 0 Å². The van der Waals surface area contributed by atoms with E-state index >= 15 is 0 Å². The highest BCUT2D eigenvalue weighted by Gasteiger charge is 2.37. The van der Waals surface area contributed by atoms with Gasteiger partial charge in [-0.1, -0.05) is 84.9 Å². The summed E-state index contributed by atoms with van der Waals surface area (Å²) in [5.74, 6) is 2.38. The van der Waals surface area contributed by atoms with Gasteiger partial charge in [-0.25, -0.2) is 0 Å². The van der Waals surface area contributed by atoms with Crippen LogP contribution >= 0.6 is 15.9 Å². The van der Waals surface area contributed by atoms with Crippen LogP contribution in [0.3, 0.4) is 0 Å². The van der Waals surface area contributed by atoms with Crippen molar-refractivity contribution in [2.24, 2.45) is 10.9 Å². The van der Waals surface area contributed by atoms with E-state index in [0.717, 1.165) is 27.7 Å². The molecule has 5 aromatic rings. The molecule has 0 fully saturated rings. The Hall–Kier alpha value is -4.35. The van der Waals surface area contributed by atoms with E-state index in [-0.39, 0.29) is 6.04 Å². The molecule has 0 saturated heterocycles. The second-order valence-electron chi connectivity index (χ2n) is 11.1. The van der Waals surface area contributed by atoms with Crippen LogP contribution in [0.1, 0.15) is 47.6 Å². The molecule has 0 radical (unpaired) electrons. The first-order valence-electron chi connectivity index (χ1n) is 14.9. The third kappa shape index (κ3) is 5.57. The Morgan fingerprint density at radius 3 is 2.60 bits per heavy atom. The number of halogens is 1. The molecule has 1 N–H and O–H groups in total. The topological polar surface area (TPSA) is 42.8 Å². The molecule has 0 saturated carbocycles. The minimum Gasteiger partial charge on any atom is -0.490 e. The fraction of sp³-hybridized carbons (Fsp3) is 0.184. The first-order chi connectivity index (χ1) is 21.2. The van der Waals surface area contributed by atoms with Crippen molar-refractivity contribution >= 4 is 44.3 Å². The highest BCUT2D eigenvalue weighted by atomic mass is 79.9. The molecular formula is C38H33BrN2O2. The zero-order valence-corrected chi connectivity index (χ0v) is 25.6. The Kier molecular flexibility index (Phi) is 7.73. The van der Waals surface area contributed by atoms with Crippen LogP contribution in [0.25, 0.3) is 10.8 Å². The lowest BCUT2D eigenvalue weighted by atomic mass is 9.77. The van der Waals surface area contributed by atoms with E-state index in [2.05, 4.69) is 124 Å². The molecule has 2 aliphatic rings. The largest absolute Gasteiger partial charge is 0.490 e. The standard InChI is InChI=1S/C38H33BrN2O2/c1-2-42-36-22-25(21-34(39)38(36)43-24-28-11-7-10-26-9-3-4-12-30(26)28)23-40-29-19-17-27(18-20-29)37-33-15-8-14-31(33)32-13-5-6-16-35(32)41-37/h3-14,16-23,31,33,37,41H,2,15,24H2,1H3/t31-,33-,37-/m0/s1. The van der Waals surface area contributed by atoms with Gasteiger partial charge in [-0.3, -0.25) is 4.99 Å². The first kappa shape index (κ1) is 27.5. The summed E-state index contributed by atoms with van der Waals surface area (Å²) in [7, 11) is 0. The maximum Gasteiger partial charge on any atom is 0.175 e. The first-order valence-corrected chi connectivity index (χ1v) is 15.7. The summed E-state index contributed by atoms with van der Waals surface area (Å²) in [5.41, 5.74) is 6.91. The maximum atomic E-state index is 6.33. The highest BCUT2D eigenvalue weighted by molar-refractivity contribution is 9.10. The summed E-state index contributed by atoms with van der Waals surface area (Å²) in [6.45, 7) is 2.96. The van der Waals surface area contributed by atoms with Crippen LogP contribution in [-0.2, 0) is 6.61 Å². The van der Waals surface area contributed by atoms with Crippen LogP contribution in [-0.4, -0.2) is 12.8 Å². The third-order valence-electron chi connectivity index (χ3n) is 8.47. The van der Waals surface area contributed by atoms with Gasteiger partial charge in [0.05, 0.1) is 22.8 Å². The van der Waals surface area contributed by atoms with Gasteiger partial charge in [-0.2, -0.15) is 0 Å². The van der Waals surface area contributed by atoms with E-state index < -0.39 is 0 Å². The molecule has 4 nitrogen and oxygen atoms in total. The number of nitrogens with zero attached hydrogens (tertiary/aromatic N) is 1. The molecule has 0 spiro atoms. The molecule has 7 rings (SSSR count). The maximum absolute atomic E-state index is 6.33. The van der Waals surface area contributed by atoms with Crippen molar-refractivity contribution in [1.82, 2.24) is 0 Å². The second kappa shape index (κ2) is 12.1. The molecule has 0 amide bonds. The number of hydrogen-bond donors (Lipinski definition) is 1. The summed E-state index contributed by atoms with van der Waals surface area (Å²) in [4.78, 5) is 4.79. The number of para-hydroxylation sites is 1. The van der Waals surface area contributed by atoms with Gasteiger partial charge < -0.3 is 14.8 Å². The van der Waals surface area contributed by atoms with Gasteiger partial charge >= 0.3 is 0 Å². The normalized spacial score (nSPS) is 18.8. The third-order valence-corrected chi connectivity index (χ3v) is 9.06. The molecule has 3 atom stereocenters. The van der Waals surface area contributed by atoms with Gasteiger partial charge in [0.1, 0.15) is 6.61 Å². The van der Waals surface area contributed by atoms with Crippen LogP contribution in [0.4, 0.5) is 11.4 Å². The Labute approximate surface area is 261 Å². The van der Waals surface area contributed by atoms with Gasteiger partial charge in [0.15, 0.2) is 11.5 Å². The van der Waals surface area contributed by atoms with E-state index in [9.17, 15) is 0 Å². The van der Waals surface area contributed by atoms with Gasteiger partial charge in [0.25, 0.3) is 0 Å². The molecule has 1 aliphatic heterocycles. The molecule has 1 aliphatic carbocycles. The molecule has 43 heavy (non-hydrogen) atoms. The van der Waals surface area contributed by atoms with Crippen LogP contribution < -0.4 is 14.8 Å². The zero-order valence-electron chi connectivity index (χ0n) is 24.0. The Balaban J connectivity index is 1.08. The molecule has 5 heteroatoms. The van der Waals surface area contributed by atoms with E-state index in [1.807, 2.05) is 25.3 Å². The van der Waals surface area contributed by atoms with Crippen LogP contribution in [0.15, 0.2) is 125 Å². The average molecular weight is 630 g/mol. The van der Waals surface area contributed by atoms with Crippen molar-refractivity contribution in [3.8, 4) is 11.5 Å². The summed E-state index contributed by atoms with van der Waals surface area (Å²) in [6, 6.07) is 36.3. The minimum absolute atomic E-state index is 0.277. The highest BCUT2D eigenvalue weighted by Crippen LogP contribution is 2.49. The number of allylic oxidation sites excluding steroid dienone is 2. The van der Waals surface area contributed by atoms with Gasteiger partial charge in [0, 0.05) is 17.8 Å². The van der Waals surface area contributed by atoms with Crippen molar-refractivity contribution in [1.29, 1.82) is 0 Å². The Bertz CT molecular complexity index is 1820. The zero-order chi connectivity index (χ0) is 29.2. The predicted molar refractivity (Wildman–Crippen MR) is 180 cm³/mol. The van der Waals surface area contributed by atoms with Crippen molar-refractivity contribution in [3.63, 3.8) is 0 Å². The van der Waals surface area contributed by atoms with Crippen LogP contribution in [0.5, 0.6) is 11.5 Å². The Morgan fingerprint density at radius 1 is 0.907 bits per heavy atom. The lowest BCUT2D eigenvalue weighted by molar-refractivity contribution is 0.268. The van der Waals surface area contributed by atoms with Crippen molar-refractivity contribution in [2.45, 2.75) is 31.9 Å². The van der Waals surface area contributed by atoms with Crippen molar-refractivity contribution < 1.29 is 9.47 Å². The minimum atomic E-state index is 0.277. The van der Waals surface area contributed by atoms with Crippen LogP contribution in [0, 0.1) is 5.92 Å². The molecule has 1 heterocycles. The van der Waals surface area contributed by atoms with Crippen LogP contribution in [0.2, 0.25) is 0 Å². The number of aliphatic imine (C=N–C) groups is 1. The number of anilines is 1. The van der Waals surface area contributed by atoms with Gasteiger partial charge in [-0.15, -0.1) is 0 Å². The number of benzene rings is 5. The smallest absolute Gasteiger partial charge is 0.175 e. The summed E-state index contributed by atoms with van der Waals surface area (Å²) in [6.07, 6.45) is 7.68. The van der Waals surface area contributed by atoms with Gasteiger partial charge in [0.2, 0.25) is 0 Å². The molecule has 0 bridgehead atoms. The molecule has 214 valence electrons. The number of rotatable bonds is 8. The average Bonchev–Trinajstić information content (AvgIpc) is 3.54. The lowest BCUT2D eigenvalue weighted by Crippen LogP contribution is -2.28. The van der Waals surface area contributed by atoms with Gasteiger partial charge in [-0.05, 0) is 98.6 Å². The summed E-state index contributed by atoms with van der Waals surface area (Å²) >= 11 is 3.73. The summed E-state index contributed by atoms with van der Waals surface area (Å²) in [5, 5.41) is 6.21.